The Balaban J connectivity index is 0.000000226. The van der Waals surface area contributed by atoms with Crippen LogP contribution in [-0.4, -0.2) is 62.3 Å². The highest BCUT2D eigenvalue weighted by Crippen LogP contribution is 2.31. The Hall–Kier alpha value is -2.87. The number of para-hydroxylation sites is 2. The predicted octanol–water partition coefficient (Wildman–Crippen LogP) is 1.76. The van der Waals surface area contributed by atoms with Crippen LogP contribution in [0, 0.1) is 5.92 Å². The molecule has 4 heterocycles. The zero-order valence-electron chi connectivity index (χ0n) is 15.1. The molecule has 0 aliphatic carbocycles. The normalized spacial score (nSPS) is 23.8. The van der Waals surface area contributed by atoms with Crippen LogP contribution in [-0.2, 0) is 16.6 Å². The van der Waals surface area contributed by atoms with Crippen molar-refractivity contribution in [3.63, 3.8) is 0 Å². The molecule has 3 fully saturated rings. The molecule has 0 amide bonds. The number of fused-ring (bicyclic) bond motifs is 4. The number of nitrogens with zero attached hydrogens (tertiary/aromatic N) is 3. The third-order valence-electron chi connectivity index (χ3n) is 4.97. The number of carboxylic acids is 2. The Morgan fingerprint density at radius 3 is 2.30 bits per heavy atom. The maximum atomic E-state index is 9.55. The number of carboxylic acid groups (broad SMARTS) is 2. The lowest BCUT2D eigenvalue weighted by Gasteiger charge is -2.44. The molecule has 5 rings (SSSR count). The molecule has 27 heavy (non-hydrogen) atoms. The van der Waals surface area contributed by atoms with E-state index in [1.54, 1.807) is 0 Å². The summed E-state index contributed by atoms with van der Waals surface area (Å²) in [6.07, 6.45) is 3.98. The fourth-order valence-electron chi connectivity index (χ4n) is 3.55. The summed E-state index contributed by atoms with van der Waals surface area (Å²) in [5.41, 5.74) is 2.15. The highest BCUT2D eigenvalue weighted by atomic mass is 16.5. The maximum Gasteiger partial charge on any atom is 0.328 e. The number of piperidine rings is 3. The molecule has 1 aromatic heterocycles. The minimum Gasteiger partial charge on any atom is -0.478 e. The van der Waals surface area contributed by atoms with Gasteiger partial charge in [0, 0.05) is 25.7 Å². The van der Waals surface area contributed by atoms with Gasteiger partial charge in [-0.2, -0.15) is 4.98 Å². The number of aliphatic carboxylic acids is 2. The zero-order valence-corrected chi connectivity index (χ0v) is 15.1. The summed E-state index contributed by atoms with van der Waals surface area (Å²) in [5.74, 6) is -1.80. The Morgan fingerprint density at radius 1 is 1.15 bits per heavy atom. The van der Waals surface area contributed by atoms with E-state index in [0.717, 1.165) is 23.6 Å². The molecule has 1 unspecified atom stereocenters. The van der Waals surface area contributed by atoms with Crippen LogP contribution >= 0.6 is 0 Å². The van der Waals surface area contributed by atoms with Gasteiger partial charge < -0.3 is 14.9 Å². The molecule has 144 valence electrons. The first kappa shape index (κ1) is 18.9. The SMILES string of the molecule is Cn1c(OC2CN3CCC2CC3)nc2ccccc21.O=C(O)/C=C/C(=O)O. The summed E-state index contributed by atoms with van der Waals surface area (Å²) in [6, 6.07) is 8.96. The molecule has 2 bridgehead atoms. The van der Waals surface area contributed by atoms with E-state index in [0.29, 0.717) is 24.2 Å². The minimum absolute atomic E-state index is 0.318. The average Bonchev–Trinajstić information content (AvgIpc) is 2.98. The lowest BCUT2D eigenvalue weighted by molar-refractivity contribution is -0.134. The van der Waals surface area contributed by atoms with Gasteiger partial charge in [-0.25, -0.2) is 9.59 Å². The molecule has 8 nitrogen and oxygen atoms in total. The highest BCUT2D eigenvalue weighted by molar-refractivity contribution is 5.89. The maximum absolute atomic E-state index is 9.55. The van der Waals surface area contributed by atoms with Crippen molar-refractivity contribution in [3.8, 4) is 6.01 Å². The molecule has 1 atom stereocenters. The highest BCUT2D eigenvalue weighted by Gasteiger charge is 2.36. The van der Waals surface area contributed by atoms with Gasteiger partial charge in [-0.05, 0) is 44.0 Å². The van der Waals surface area contributed by atoms with Crippen molar-refractivity contribution in [1.82, 2.24) is 14.5 Å². The Morgan fingerprint density at radius 2 is 1.78 bits per heavy atom. The van der Waals surface area contributed by atoms with E-state index in [1.165, 1.54) is 25.9 Å². The Bertz CT molecular complexity index is 836. The number of aromatic nitrogens is 2. The summed E-state index contributed by atoms with van der Waals surface area (Å²) < 4.78 is 8.28. The van der Waals surface area contributed by atoms with Gasteiger partial charge in [0.25, 0.3) is 6.01 Å². The smallest absolute Gasteiger partial charge is 0.328 e. The van der Waals surface area contributed by atoms with Crippen LogP contribution in [0.3, 0.4) is 0 Å². The van der Waals surface area contributed by atoms with E-state index in [4.69, 9.17) is 14.9 Å². The van der Waals surface area contributed by atoms with Crippen LogP contribution in [0.4, 0.5) is 0 Å². The number of aryl methyl sites for hydroxylation is 1. The monoisotopic (exact) mass is 373 g/mol. The molecule has 3 aliphatic heterocycles. The van der Waals surface area contributed by atoms with E-state index in [2.05, 4.69) is 20.5 Å². The number of hydrogen-bond acceptors (Lipinski definition) is 5. The molecular weight excluding hydrogens is 350 g/mol. The number of benzene rings is 1. The first-order valence-electron chi connectivity index (χ1n) is 8.88. The van der Waals surface area contributed by atoms with E-state index >= 15 is 0 Å². The van der Waals surface area contributed by atoms with Crippen LogP contribution in [0.5, 0.6) is 6.01 Å². The first-order valence-corrected chi connectivity index (χ1v) is 8.88. The number of ether oxygens (including phenoxy) is 1. The number of carbonyl (C=O) groups is 2. The van der Waals surface area contributed by atoms with Gasteiger partial charge >= 0.3 is 11.9 Å². The molecule has 3 saturated heterocycles. The van der Waals surface area contributed by atoms with E-state index in [1.807, 2.05) is 25.2 Å². The van der Waals surface area contributed by atoms with Crippen LogP contribution in [0.1, 0.15) is 12.8 Å². The van der Waals surface area contributed by atoms with Crippen LogP contribution in [0.15, 0.2) is 36.4 Å². The molecule has 3 aliphatic rings. The van der Waals surface area contributed by atoms with Crippen LogP contribution < -0.4 is 4.74 Å². The van der Waals surface area contributed by atoms with Crippen molar-refractivity contribution in [3.05, 3.63) is 36.4 Å². The minimum atomic E-state index is -1.26. The largest absolute Gasteiger partial charge is 0.478 e. The molecule has 2 aromatic rings. The summed E-state index contributed by atoms with van der Waals surface area (Å²) in [4.78, 5) is 26.2. The average molecular weight is 373 g/mol. The second kappa shape index (κ2) is 8.22. The summed E-state index contributed by atoms with van der Waals surface area (Å²) in [7, 11) is 2.03. The van der Waals surface area contributed by atoms with Crippen molar-refractivity contribution in [2.24, 2.45) is 13.0 Å². The molecule has 8 heteroatoms. The van der Waals surface area contributed by atoms with Gasteiger partial charge in [-0.15, -0.1) is 0 Å². The molecule has 2 N–H and O–H groups in total. The van der Waals surface area contributed by atoms with Crippen molar-refractivity contribution in [2.45, 2.75) is 18.9 Å². The quantitative estimate of drug-likeness (QED) is 0.787. The predicted molar refractivity (Wildman–Crippen MR) is 98.7 cm³/mol. The van der Waals surface area contributed by atoms with Crippen molar-refractivity contribution in [1.29, 1.82) is 0 Å². The van der Waals surface area contributed by atoms with Gasteiger partial charge in [0.1, 0.15) is 6.10 Å². The fraction of sp³-hybridized carbons (Fsp3) is 0.421. The fourth-order valence-corrected chi connectivity index (χ4v) is 3.55. The molecule has 0 spiro atoms. The summed E-state index contributed by atoms with van der Waals surface area (Å²) >= 11 is 0. The third-order valence-corrected chi connectivity index (χ3v) is 4.97. The topological polar surface area (TPSA) is 105 Å². The van der Waals surface area contributed by atoms with Crippen molar-refractivity contribution >= 4 is 23.0 Å². The second-order valence-electron chi connectivity index (χ2n) is 6.75. The van der Waals surface area contributed by atoms with E-state index in [9.17, 15) is 9.59 Å². The van der Waals surface area contributed by atoms with Crippen LogP contribution in [0.2, 0.25) is 0 Å². The first-order chi connectivity index (χ1) is 12.9. The second-order valence-corrected chi connectivity index (χ2v) is 6.75. The van der Waals surface area contributed by atoms with Gasteiger partial charge in [0.2, 0.25) is 0 Å². The molecule has 0 saturated carbocycles. The lowest BCUT2D eigenvalue weighted by Crippen LogP contribution is -2.52. The molecule has 1 aromatic carbocycles. The Labute approximate surface area is 156 Å². The summed E-state index contributed by atoms with van der Waals surface area (Å²) in [5, 5.41) is 15.6. The zero-order chi connectivity index (χ0) is 19.4. The van der Waals surface area contributed by atoms with Gasteiger partial charge in [0.05, 0.1) is 11.0 Å². The van der Waals surface area contributed by atoms with Crippen molar-refractivity contribution in [2.75, 3.05) is 19.6 Å². The van der Waals surface area contributed by atoms with E-state index < -0.39 is 11.9 Å². The molecular formula is C19H23N3O5. The third kappa shape index (κ3) is 4.65. The standard InChI is InChI=1S/C15H19N3O.C4H4O4/c1-17-13-5-3-2-4-12(13)16-15(17)19-14-10-18-8-6-11(14)7-9-18;5-3(6)1-2-4(7)8/h2-5,11,14H,6-10H2,1H3;1-2H,(H,5,6)(H,7,8)/b;2-1+. The number of hydrogen-bond donors (Lipinski definition) is 2. The molecule has 0 radical (unpaired) electrons. The van der Waals surface area contributed by atoms with E-state index in [-0.39, 0.29) is 0 Å². The van der Waals surface area contributed by atoms with Gasteiger partial charge in [0.15, 0.2) is 0 Å². The number of rotatable bonds is 4. The summed E-state index contributed by atoms with van der Waals surface area (Å²) in [6.45, 7) is 3.55. The van der Waals surface area contributed by atoms with Crippen molar-refractivity contribution < 1.29 is 24.5 Å². The van der Waals surface area contributed by atoms with Gasteiger partial charge in [-0.1, -0.05) is 12.1 Å². The van der Waals surface area contributed by atoms with Crippen LogP contribution in [0.25, 0.3) is 11.0 Å². The number of imidazole rings is 1. The van der Waals surface area contributed by atoms with Gasteiger partial charge in [-0.3, -0.25) is 9.47 Å². The lowest BCUT2D eigenvalue weighted by atomic mass is 9.86. The Kier molecular flexibility index (Phi) is 5.75.